The first kappa shape index (κ1) is 13.3. The summed E-state index contributed by atoms with van der Waals surface area (Å²) >= 11 is 0. The van der Waals surface area contributed by atoms with Crippen LogP contribution in [0.4, 0.5) is 4.79 Å². The Balaban J connectivity index is 2.46. The Labute approximate surface area is 99.8 Å². The summed E-state index contributed by atoms with van der Waals surface area (Å²) in [6.07, 6.45) is 2.29. The molecular weight excluding hydrogens is 200 g/mol. The number of carbonyl (C=O) groups is 1. The molecule has 0 aromatic carbocycles. The molecule has 1 rings (SSSR count). The van der Waals surface area contributed by atoms with E-state index in [1.54, 1.807) is 4.90 Å². The Morgan fingerprint density at radius 1 is 1.31 bits per heavy atom. The number of rotatable bonds is 1. The molecular formula is C13H26N2O. The van der Waals surface area contributed by atoms with E-state index < -0.39 is 0 Å². The van der Waals surface area contributed by atoms with Gasteiger partial charge in [0.1, 0.15) is 0 Å². The maximum atomic E-state index is 11.9. The highest BCUT2D eigenvalue weighted by atomic mass is 16.2. The number of amides is 2. The fourth-order valence-corrected chi connectivity index (χ4v) is 2.31. The van der Waals surface area contributed by atoms with Gasteiger partial charge in [0.05, 0.1) is 0 Å². The van der Waals surface area contributed by atoms with Crippen LogP contribution in [-0.2, 0) is 0 Å². The highest BCUT2D eigenvalue weighted by molar-refractivity contribution is 5.74. The maximum Gasteiger partial charge on any atom is 0.319 e. The van der Waals surface area contributed by atoms with Crippen molar-refractivity contribution in [3.05, 3.63) is 0 Å². The van der Waals surface area contributed by atoms with Crippen molar-refractivity contribution < 1.29 is 4.79 Å². The summed E-state index contributed by atoms with van der Waals surface area (Å²) in [5.74, 6) is 0.753. The van der Waals surface area contributed by atoms with Gasteiger partial charge < -0.3 is 9.80 Å². The molecule has 3 nitrogen and oxygen atoms in total. The Morgan fingerprint density at radius 3 is 2.19 bits per heavy atom. The molecule has 1 aliphatic heterocycles. The number of hydrogen-bond acceptors (Lipinski definition) is 1. The van der Waals surface area contributed by atoms with Crippen molar-refractivity contribution in [2.75, 3.05) is 26.7 Å². The third kappa shape index (κ3) is 3.13. The molecule has 0 radical (unpaired) electrons. The lowest BCUT2D eigenvalue weighted by atomic mass is 9.75. The van der Waals surface area contributed by atoms with Crippen LogP contribution < -0.4 is 0 Å². The van der Waals surface area contributed by atoms with Gasteiger partial charge in [0.15, 0.2) is 0 Å². The van der Waals surface area contributed by atoms with E-state index in [1.165, 1.54) is 0 Å². The van der Waals surface area contributed by atoms with E-state index in [4.69, 9.17) is 0 Å². The summed E-state index contributed by atoms with van der Waals surface area (Å²) in [5.41, 5.74) is 0.381. The third-order valence-electron chi connectivity index (χ3n) is 3.79. The van der Waals surface area contributed by atoms with Crippen LogP contribution in [0, 0.1) is 11.3 Å². The molecule has 0 bridgehead atoms. The molecule has 3 heteroatoms. The van der Waals surface area contributed by atoms with Gasteiger partial charge in [0.25, 0.3) is 0 Å². The number of piperidine rings is 1. The van der Waals surface area contributed by atoms with Crippen LogP contribution in [0.15, 0.2) is 0 Å². The molecule has 1 fully saturated rings. The van der Waals surface area contributed by atoms with Crippen LogP contribution in [0.3, 0.4) is 0 Å². The average molecular weight is 226 g/mol. The van der Waals surface area contributed by atoms with E-state index >= 15 is 0 Å². The van der Waals surface area contributed by atoms with Crippen LogP contribution in [0.2, 0.25) is 0 Å². The zero-order chi connectivity index (χ0) is 12.3. The number of carbonyl (C=O) groups excluding carboxylic acids is 1. The molecule has 0 N–H and O–H groups in total. The van der Waals surface area contributed by atoms with Gasteiger partial charge in [-0.25, -0.2) is 4.79 Å². The first-order valence-electron chi connectivity index (χ1n) is 6.36. The Hall–Kier alpha value is -0.730. The monoisotopic (exact) mass is 226 g/mol. The summed E-state index contributed by atoms with van der Waals surface area (Å²) in [6, 6.07) is 0.190. The first-order chi connectivity index (χ1) is 7.36. The zero-order valence-corrected chi connectivity index (χ0v) is 11.4. The van der Waals surface area contributed by atoms with Crippen LogP contribution in [-0.4, -0.2) is 42.5 Å². The standard InChI is InChI=1S/C13H26N2O/c1-6-14(5)12(16)15-9-7-11(8-10-15)13(2,3)4/h11H,6-10H2,1-5H3. The minimum Gasteiger partial charge on any atom is -0.328 e. The minimum absolute atomic E-state index is 0.190. The van der Waals surface area contributed by atoms with E-state index in [2.05, 4.69) is 20.8 Å². The topological polar surface area (TPSA) is 23.6 Å². The van der Waals surface area contributed by atoms with E-state index in [9.17, 15) is 4.79 Å². The molecule has 94 valence electrons. The number of nitrogens with zero attached hydrogens (tertiary/aromatic N) is 2. The molecule has 0 aromatic rings. The second-order valence-corrected chi connectivity index (χ2v) is 5.92. The molecule has 1 aliphatic rings. The molecule has 0 atom stereocenters. The van der Waals surface area contributed by atoms with Crippen molar-refractivity contribution >= 4 is 6.03 Å². The van der Waals surface area contributed by atoms with Crippen LogP contribution in [0.25, 0.3) is 0 Å². The zero-order valence-electron chi connectivity index (χ0n) is 11.4. The van der Waals surface area contributed by atoms with E-state index in [0.29, 0.717) is 5.41 Å². The van der Waals surface area contributed by atoms with E-state index in [0.717, 1.165) is 38.4 Å². The minimum atomic E-state index is 0.190. The van der Waals surface area contributed by atoms with Gasteiger partial charge in [-0.3, -0.25) is 0 Å². The highest BCUT2D eigenvalue weighted by Gasteiger charge is 2.30. The van der Waals surface area contributed by atoms with E-state index in [-0.39, 0.29) is 6.03 Å². The van der Waals surface area contributed by atoms with Gasteiger partial charge in [-0.1, -0.05) is 20.8 Å². The van der Waals surface area contributed by atoms with Crippen molar-refractivity contribution in [2.24, 2.45) is 11.3 Å². The van der Waals surface area contributed by atoms with E-state index in [1.807, 2.05) is 18.9 Å². The smallest absolute Gasteiger partial charge is 0.319 e. The molecule has 0 aromatic heterocycles. The average Bonchev–Trinajstić information content (AvgIpc) is 2.26. The molecule has 16 heavy (non-hydrogen) atoms. The van der Waals surface area contributed by atoms with Crippen molar-refractivity contribution in [2.45, 2.75) is 40.5 Å². The van der Waals surface area contributed by atoms with Gasteiger partial charge in [-0.2, -0.15) is 0 Å². The summed E-state index contributed by atoms with van der Waals surface area (Å²) < 4.78 is 0. The Kier molecular flexibility index (Phi) is 4.22. The molecule has 0 unspecified atom stereocenters. The fourth-order valence-electron chi connectivity index (χ4n) is 2.31. The molecule has 0 saturated carbocycles. The lowest BCUT2D eigenvalue weighted by molar-refractivity contribution is 0.107. The number of hydrogen-bond donors (Lipinski definition) is 0. The molecule has 1 saturated heterocycles. The fraction of sp³-hybridized carbons (Fsp3) is 0.923. The molecule has 2 amide bonds. The molecule has 1 heterocycles. The summed E-state index contributed by atoms with van der Waals surface area (Å²) in [6.45, 7) is 11.5. The predicted octanol–water partition coefficient (Wildman–Crippen LogP) is 2.82. The van der Waals surface area contributed by atoms with Crippen molar-refractivity contribution in [3.63, 3.8) is 0 Å². The maximum absolute atomic E-state index is 11.9. The second-order valence-electron chi connectivity index (χ2n) is 5.92. The number of urea groups is 1. The third-order valence-corrected chi connectivity index (χ3v) is 3.79. The number of likely N-dealkylation sites (tertiary alicyclic amines) is 1. The quantitative estimate of drug-likeness (QED) is 0.674. The lowest BCUT2D eigenvalue weighted by Gasteiger charge is -2.39. The highest BCUT2D eigenvalue weighted by Crippen LogP contribution is 2.34. The predicted molar refractivity (Wildman–Crippen MR) is 67.5 cm³/mol. The Morgan fingerprint density at radius 2 is 1.81 bits per heavy atom. The van der Waals surface area contributed by atoms with Crippen molar-refractivity contribution in [1.29, 1.82) is 0 Å². The largest absolute Gasteiger partial charge is 0.328 e. The first-order valence-corrected chi connectivity index (χ1v) is 6.36. The summed E-state index contributed by atoms with van der Waals surface area (Å²) in [4.78, 5) is 15.7. The normalized spacial score (nSPS) is 18.7. The lowest BCUT2D eigenvalue weighted by Crippen LogP contribution is -2.46. The van der Waals surface area contributed by atoms with Gasteiger partial charge >= 0.3 is 6.03 Å². The van der Waals surface area contributed by atoms with Crippen LogP contribution in [0.1, 0.15) is 40.5 Å². The summed E-state index contributed by atoms with van der Waals surface area (Å²) in [5, 5.41) is 0. The van der Waals surface area contributed by atoms with Gasteiger partial charge in [-0.05, 0) is 31.1 Å². The molecule has 0 aliphatic carbocycles. The van der Waals surface area contributed by atoms with Gasteiger partial charge in [0, 0.05) is 26.7 Å². The van der Waals surface area contributed by atoms with Gasteiger partial charge in [-0.15, -0.1) is 0 Å². The Bertz CT molecular complexity index is 237. The van der Waals surface area contributed by atoms with Gasteiger partial charge in [0.2, 0.25) is 0 Å². The van der Waals surface area contributed by atoms with Crippen molar-refractivity contribution in [1.82, 2.24) is 9.80 Å². The second kappa shape index (κ2) is 5.07. The molecule has 0 spiro atoms. The van der Waals surface area contributed by atoms with Crippen LogP contribution in [0.5, 0.6) is 0 Å². The van der Waals surface area contributed by atoms with Crippen molar-refractivity contribution in [3.8, 4) is 0 Å². The SMILES string of the molecule is CCN(C)C(=O)N1CCC(C(C)(C)C)CC1. The summed E-state index contributed by atoms with van der Waals surface area (Å²) in [7, 11) is 1.87. The van der Waals surface area contributed by atoms with Crippen LogP contribution >= 0.6 is 0 Å².